The summed E-state index contributed by atoms with van der Waals surface area (Å²) in [6.45, 7) is 8.50. The van der Waals surface area contributed by atoms with Crippen LogP contribution in [-0.4, -0.2) is 29.7 Å². The minimum Gasteiger partial charge on any atom is -0.289 e. The van der Waals surface area contributed by atoms with E-state index in [4.69, 9.17) is 20.2 Å². The largest absolute Gasteiger partial charge is 0.289 e. The molecule has 7 nitrogen and oxygen atoms in total. The van der Waals surface area contributed by atoms with Crippen molar-refractivity contribution in [2.75, 3.05) is 14.1 Å². The van der Waals surface area contributed by atoms with Crippen LogP contribution in [0, 0.1) is 20.2 Å². The summed E-state index contributed by atoms with van der Waals surface area (Å²) in [6.07, 6.45) is 2.50. The van der Waals surface area contributed by atoms with Gasteiger partial charge in [0.25, 0.3) is 0 Å². The smallest absolute Gasteiger partial charge is 0.194 e. The average Bonchev–Trinajstić information content (AvgIpc) is 2.89. The molecular formula is C21H30N2O5. The molecule has 0 radical (unpaired) electrons. The summed E-state index contributed by atoms with van der Waals surface area (Å²) in [5, 5.41) is 17.6. The fourth-order valence-corrected chi connectivity index (χ4v) is 1.98. The van der Waals surface area contributed by atoms with Crippen molar-refractivity contribution in [2.24, 2.45) is 0 Å². The number of nitrogens with zero attached hydrogens (tertiary/aromatic N) is 2. The lowest BCUT2D eigenvalue weighted by atomic mass is 10.1. The third-order valence-corrected chi connectivity index (χ3v) is 2.63. The highest BCUT2D eigenvalue weighted by atomic mass is 16.6. The molecule has 0 bridgehead atoms. The number of hydrogen-bond acceptors (Lipinski definition) is 5. The van der Waals surface area contributed by atoms with Crippen molar-refractivity contribution in [2.45, 2.75) is 40.5 Å². The van der Waals surface area contributed by atoms with Gasteiger partial charge in [-0.05, 0) is 11.1 Å². The second kappa shape index (κ2) is 16.1. The molecule has 0 aliphatic heterocycles. The van der Waals surface area contributed by atoms with Gasteiger partial charge in [-0.25, -0.2) is 0 Å². The van der Waals surface area contributed by atoms with Crippen LogP contribution in [0.2, 0.25) is 0 Å². The normalized spacial score (nSPS) is 9.29. The Bertz CT molecular complexity index is 676. The summed E-state index contributed by atoms with van der Waals surface area (Å²) in [5.74, 6) is 0.149. The molecule has 0 fully saturated rings. The van der Waals surface area contributed by atoms with E-state index in [9.17, 15) is 4.79 Å². The quantitative estimate of drug-likeness (QED) is 0.371. The van der Waals surface area contributed by atoms with Crippen LogP contribution in [0.5, 0.6) is 0 Å². The van der Waals surface area contributed by atoms with E-state index in [2.05, 4.69) is 27.7 Å². The molecule has 0 spiro atoms. The van der Waals surface area contributed by atoms with Gasteiger partial charge in [-0.15, -0.1) is 0 Å². The van der Waals surface area contributed by atoms with Crippen LogP contribution < -0.4 is 0 Å². The molecule has 7 heteroatoms. The third kappa shape index (κ3) is 11.5. The van der Waals surface area contributed by atoms with Gasteiger partial charge in [-0.1, -0.05) is 89.1 Å². The first-order valence-corrected chi connectivity index (χ1v) is 9.06. The Hall–Kier alpha value is -3.09. The monoisotopic (exact) mass is 390 g/mol. The fourth-order valence-electron chi connectivity index (χ4n) is 1.98. The van der Waals surface area contributed by atoms with Gasteiger partial charge in [0.05, 0.1) is 0 Å². The second-order valence-electron chi connectivity index (χ2n) is 5.71. The molecule has 154 valence electrons. The number of rotatable bonds is 0. The SMILES string of the molecule is CCC.CCC.C[N+](=O)[O-].C[N+](=O)[O-].O=C1c2ccccc2-c2ccccc21. The molecular weight excluding hydrogens is 360 g/mol. The molecule has 0 unspecified atom stereocenters. The van der Waals surface area contributed by atoms with Crippen LogP contribution in [0.25, 0.3) is 11.1 Å². The average molecular weight is 390 g/mol. The summed E-state index contributed by atoms with van der Waals surface area (Å²) in [4.78, 5) is 28.5. The van der Waals surface area contributed by atoms with Gasteiger partial charge < -0.3 is 0 Å². The van der Waals surface area contributed by atoms with Crippen LogP contribution in [0.15, 0.2) is 48.5 Å². The Morgan fingerprint density at radius 1 is 0.643 bits per heavy atom. The fraction of sp³-hybridized carbons (Fsp3) is 0.381. The van der Waals surface area contributed by atoms with Crippen molar-refractivity contribution in [3.8, 4) is 11.1 Å². The van der Waals surface area contributed by atoms with Gasteiger partial charge >= 0.3 is 0 Å². The van der Waals surface area contributed by atoms with Crippen LogP contribution >= 0.6 is 0 Å². The van der Waals surface area contributed by atoms with Gasteiger partial charge in [-0.2, -0.15) is 0 Å². The standard InChI is InChI=1S/C13H8O.2C3H8.2CH3NO2/c14-13-11-7-3-1-5-9(11)10-6-2-4-8-12(10)13;2*1-3-2;2*1-2(3)4/h1-8H;2*3H2,1-2H3;2*1H3. The Balaban J connectivity index is 0. The molecule has 0 aromatic heterocycles. The maximum absolute atomic E-state index is 11.9. The maximum atomic E-state index is 11.9. The predicted octanol–water partition coefficient (Wildman–Crippen LogP) is 5.52. The van der Waals surface area contributed by atoms with Crippen molar-refractivity contribution < 1.29 is 14.6 Å². The lowest BCUT2D eigenvalue weighted by Crippen LogP contribution is -1.93. The summed E-state index contributed by atoms with van der Waals surface area (Å²) in [6, 6.07) is 15.5. The minimum atomic E-state index is -0.500. The van der Waals surface area contributed by atoms with Gasteiger partial charge in [0.15, 0.2) is 19.9 Å². The van der Waals surface area contributed by atoms with E-state index in [1.54, 1.807) is 0 Å². The number of carbonyl (C=O) groups excluding carboxylic acids is 1. The minimum absolute atomic E-state index is 0.149. The van der Waals surface area contributed by atoms with E-state index in [0.717, 1.165) is 36.3 Å². The Kier molecular flexibility index (Phi) is 15.6. The highest BCUT2D eigenvalue weighted by Crippen LogP contribution is 2.35. The van der Waals surface area contributed by atoms with Gasteiger partial charge in [0.2, 0.25) is 0 Å². The number of benzene rings is 2. The van der Waals surface area contributed by atoms with E-state index in [-0.39, 0.29) is 5.78 Å². The molecule has 0 atom stereocenters. The molecule has 0 saturated carbocycles. The molecule has 3 rings (SSSR count). The molecule has 2 aromatic carbocycles. The molecule has 28 heavy (non-hydrogen) atoms. The highest BCUT2D eigenvalue weighted by molar-refractivity contribution is 6.21. The zero-order chi connectivity index (χ0) is 22.1. The van der Waals surface area contributed by atoms with Crippen molar-refractivity contribution in [3.63, 3.8) is 0 Å². The summed E-state index contributed by atoms with van der Waals surface area (Å²) in [7, 11) is 1.78. The van der Waals surface area contributed by atoms with Crippen LogP contribution in [0.4, 0.5) is 0 Å². The Morgan fingerprint density at radius 2 is 0.821 bits per heavy atom. The van der Waals surface area contributed by atoms with Crippen molar-refractivity contribution in [1.29, 1.82) is 0 Å². The van der Waals surface area contributed by atoms with E-state index < -0.39 is 9.85 Å². The van der Waals surface area contributed by atoms with Gasteiger partial charge in [0, 0.05) is 21.0 Å². The maximum Gasteiger partial charge on any atom is 0.194 e. The van der Waals surface area contributed by atoms with E-state index in [1.807, 2.05) is 48.5 Å². The number of ketones is 1. The molecule has 0 N–H and O–H groups in total. The lowest BCUT2D eigenvalue weighted by Gasteiger charge is -1.96. The highest BCUT2D eigenvalue weighted by Gasteiger charge is 2.24. The molecule has 0 amide bonds. The van der Waals surface area contributed by atoms with Crippen molar-refractivity contribution >= 4 is 5.78 Å². The lowest BCUT2D eigenvalue weighted by molar-refractivity contribution is -0.445. The van der Waals surface area contributed by atoms with Gasteiger partial charge in [-0.3, -0.25) is 25.0 Å². The third-order valence-electron chi connectivity index (χ3n) is 2.63. The molecule has 1 aliphatic rings. The molecule has 1 aliphatic carbocycles. The zero-order valence-electron chi connectivity index (χ0n) is 17.5. The zero-order valence-corrected chi connectivity index (χ0v) is 17.5. The number of fused-ring (bicyclic) bond motifs is 3. The summed E-state index contributed by atoms with van der Waals surface area (Å²) >= 11 is 0. The van der Waals surface area contributed by atoms with Gasteiger partial charge in [0.1, 0.15) is 0 Å². The number of hydrogen-bond donors (Lipinski definition) is 0. The van der Waals surface area contributed by atoms with E-state index >= 15 is 0 Å². The first-order chi connectivity index (χ1) is 13.2. The van der Waals surface area contributed by atoms with Crippen molar-refractivity contribution in [1.82, 2.24) is 0 Å². The first-order valence-electron chi connectivity index (χ1n) is 9.06. The summed E-state index contributed by atoms with van der Waals surface area (Å²) in [5.41, 5.74) is 3.78. The molecule has 0 saturated heterocycles. The van der Waals surface area contributed by atoms with Crippen LogP contribution in [-0.2, 0) is 0 Å². The summed E-state index contributed by atoms with van der Waals surface area (Å²) < 4.78 is 0. The predicted molar refractivity (Wildman–Crippen MR) is 113 cm³/mol. The number of nitro groups is 2. The number of carbonyl (C=O) groups is 1. The van der Waals surface area contributed by atoms with Crippen LogP contribution in [0.1, 0.15) is 56.5 Å². The molecule has 0 heterocycles. The Morgan fingerprint density at radius 3 is 1.04 bits per heavy atom. The first kappa shape index (κ1) is 27.1. The molecule has 2 aromatic rings. The Labute approximate surface area is 166 Å². The van der Waals surface area contributed by atoms with Crippen LogP contribution in [0.3, 0.4) is 0 Å². The van der Waals surface area contributed by atoms with Crippen molar-refractivity contribution in [3.05, 3.63) is 79.9 Å². The van der Waals surface area contributed by atoms with E-state index in [1.165, 1.54) is 12.8 Å². The topological polar surface area (TPSA) is 103 Å². The second-order valence-corrected chi connectivity index (χ2v) is 5.71. The van der Waals surface area contributed by atoms with E-state index in [0.29, 0.717) is 0 Å².